The van der Waals surface area contributed by atoms with Gasteiger partial charge in [0.2, 0.25) is 5.92 Å². The van der Waals surface area contributed by atoms with Crippen LogP contribution in [0.3, 0.4) is 0 Å². The Kier molecular flexibility index (Phi) is 7.74. The highest BCUT2D eigenvalue weighted by molar-refractivity contribution is 6.03. The Morgan fingerprint density at radius 2 is 1.67 bits per heavy atom. The molecule has 2 N–H and O–H groups in total. The van der Waals surface area contributed by atoms with Crippen molar-refractivity contribution < 1.29 is 26.7 Å². The number of alkyl halides is 5. The summed E-state index contributed by atoms with van der Waals surface area (Å²) in [7, 11) is 1.50. The Bertz CT molecular complexity index is 998. The second-order valence-electron chi connectivity index (χ2n) is 8.85. The maximum atomic E-state index is 13.0. The third kappa shape index (κ3) is 6.29. The van der Waals surface area contributed by atoms with Crippen molar-refractivity contribution in [2.24, 2.45) is 17.8 Å². The first-order valence-corrected chi connectivity index (χ1v) is 11.1. The van der Waals surface area contributed by atoms with Gasteiger partial charge in [0.15, 0.2) is 5.43 Å². The van der Waals surface area contributed by atoms with Gasteiger partial charge in [0.25, 0.3) is 5.91 Å². The van der Waals surface area contributed by atoms with Gasteiger partial charge in [-0.25, -0.2) is 8.78 Å². The molecule has 2 heterocycles. The lowest BCUT2D eigenvalue weighted by molar-refractivity contribution is -0.185. The second kappa shape index (κ2) is 10.2. The Balaban J connectivity index is 0.000000189. The van der Waals surface area contributed by atoms with Gasteiger partial charge in [-0.2, -0.15) is 13.2 Å². The van der Waals surface area contributed by atoms with Crippen molar-refractivity contribution in [3.05, 3.63) is 40.4 Å². The standard InChI is InChI=1S/C13H19F5.C10H9N3O2/c14-12(15)7-5-10(6-8-12)9-1-3-11(4-2-9)13(16,17)18;1-11-10(15)9-8-6(2-4-13-9)12-5-3-7(8)14/h9-11H,1-8H2;2-5H,1H3,(H,11,15)(H,12,14). The molecule has 10 heteroatoms. The highest BCUT2D eigenvalue weighted by Crippen LogP contribution is 2.46. The summed E-state index contributed by atoms with van der Waals surface area (Å²) in [6.45, 7) is 0. The van der Waals surface area contributed by atoms with E-state index in [4.69, 9.17) is 0 Å². The molecule has 182 valence electrons. The zero-order valence-corrected chi connectivity index (χ0v) is 18.4. The van der Waals surface area contributed by atoms with Crippen LogP contribution in [-0.4, -0.2) is 35.0 Å². The molecule has 4 rings (SSSR count). The minimum atomic E-state index is -4.08. The van der Waals surface area contributed by atoms with Crippen molar-refractivity contribution in [2.45, 2.75) is 63.5 Å². The number of aromatic nitrogens is 2. The third-order valence-corrected chi connectivity index (χ3v) is 6.78. The summed E-state index contributed by atoms with van der Waals surface area (Å²) in [6.07, 6.45) is 1.21. The fraction of sp³-hybridized carbons (Fsp3) is 0.609. The van der Waals surface area contributed by atoms with Crippen LogP contribution in [0.2, 0.25) is 0 Å². The summed E-state index contributed by atoms with van der Waals surface area (Å²) in [4.78, 5) is 29.8. The van der Waals surface area contributed by atoms with Crippen LogP contribution in [0.15, 0.2) is 29.3 Å². The van der Waals surface area contributed by atoms with E-state index >= 15 is 0 Å². The predicted octanol–water partition coefficient (Wildman–Crippen LogP) is 5.46. The zero-order valence-electron chi connectivity index (χ0n) is 18.4. The molecular weight excluding hydrogens is 445 g/mol. The van der Waals surface area contributed by atoms with Crippen LogP contribution in [0.5, 0.6) is 0 Å². The van der Waals surface area contributed by atoms with Gasteiger partial charge in [-0.05, 0) is 56.4 Å². The lowest BCUT2D eigenvalue weighted by Gasteiger charge is -2.38. The Morgan fingerprint density at radius 3 is 2.24 bits per heavy atom. The molecule has 2 aliphatic rings. The molecule has 0 aromatic carbocycles. The molecule has 2 fully saturated rings. The largest absolute Gasteiger partial charge is 0.391 e. The van der Waals surface area contributed by atoms with Gasteiger partial charge in [-0.1, -0.05) is 0 Å². The maximum absolute atomic E-state index is 13.0. The molecular formula is C23H28F5N3O2. The molecule has 0 saturated heterocycles. The highest BCUT2D eigenvalue weighted by Gasteiger charge is 2.44. The highest BCUT2D eigenvalue weighted by atomic mass is 19.4. The molecule has 2 aromatic rings. The molecule has 0 aliphatic heterocycles. The van der Waals surface area contributed by atoms with E-state index in [-0.39, 0.29) is 54.5 Å². The number of nitrogens with one attached hydrogen (secondary N) is 2. The van der Waals surface area contributed by atoms with E-state index in [1.807, 2.05) is 0 Å². The summed E-state index contributed by atoms with van der Waals surface area (Å²) >= 11 is 0. The molecule has 2 aromatic heterocycles. The van der Waals surface area contributed by atoms with Crippen molar-refractivity contribution >= 4 is 16.8 Å². The summed E-state index contributed by atoms with van der Waals surface area (Å²) in [5.74, 6) is -3.62. The first kappa shape index (κ1) is 25.1. The Hall–Kier alpha value is -2.52. The van der Waals surface area contributed by atoms with E-state index in [1.165, 1.54) is 25.5 Å². The number of pyridine rings is 2. The van der Waals surface area contributed by atoms with Crippen molar-refractivity contribution in [2.75, 3.05) is 7.05 Å². The van der Waals surface area contributed by atoms with E-state index in [0.29, 0.717) is 36.6 Å². The minimum absolute atomic E-state index is 0.0864. The van der Waals surface area contributed by atoms with E-state index in [0.717, 1.165) is 0 Å². The number of carbonyl (C=O) groups is 1. The molecule has 2 saturated carbocycles. The maximum Gasteiger partial charge on any atom is 0.391 e. The number of fused-ring (bicyclic) bond motifs is 1. The summed E-state index contributed by atoms with van der Waals surface area (Å²) in [5, 5.41) is 2.77. The van der Waals surface area contributed by atoms with E-state index in [9.17, 15) is 31.5 Å². The van der Waals surface area contributed by atoms with Crippen LogP contribution in [-0.2, 0) is 0 Å². The van der Waals surface area contributed by atoms with Crippen molar-refractivity contribution in [1.29, 1.82) is 0 Å². The Labute approximate surface area is 188 Å². The molecule has 0 unspecified atom stereocenters. The van der Waals surface area contributed by atoms with Gasteiger partial charge in [0.05, 0.1) is 16.8 Å². The predicted molar refractivity (Wildman–Crippen MR) is 114 cm³/mol. The first-order valence-electron chi connectivity index (χ1n) is 11.1. The SMILES string of the molecule is CNC(=O)c1nccc2[nH]ccc(=O)c12.FC1(F)CCC(C2CCC(C(F)(F)F)CC2)CC1. The fourth-order valence-corrected chi connectivity index (χ4v) is 4.86. The normalized spacial score (nSPS) is 23.5. The number of hydrogen-bond acceptors (Lipinski definition) is 3. The van der Waals surface area contributed by atoms with Gasteiger partial charge in [0, 0.05) is 38.3 Å². The van der Waals surface area contributed by atoms with Gasteiger partial charge in [-0.15, -0.1) is 0 Å². The molecule has 33 heavy (non-hydrogen) atoms. The van der Waals surface area contributed by atoms with Crippen LogP contribution < -0.4 is 10.7 Å². The van der Waals surface area contributed by atoms with Crippen molar-refractivity contribution in [1.82, 2.24) is 15.3 Å². The molecule has 0 spiro atoms. The van der Waals surface area contributed by atoms with E-state index in [1.54, 1.807) is 6.07 Å². The fourth-order valence-electron chi connectivity index (χ4n) is 4.86. The molecule has 5 nitrogen and oxygen atoms in total. The molecule has 0 bridgehead atoms. The van der Waals surface area contributed by atoms with Crippen LogP contribution in [0, 0.1) is 17.8 Å². The van der Waals surface area contributed by atoms with E-state index in [2.05, 4.69) is 15.3 Å². The summed E-state index contributed by atoms with van der Waals surface area (Å²) < 4.78 is 63.6. The van der Waals surface area contributed by atoms with Gasteiger partial charge < -0.3 is 10.3 Å². The molecule has 0 radical (unpaired) electrons. The number of aromatic amines is 1. The average Bonchev–Trinajstić information content (AvgIpc) is 2.78. The van der Waals surface area contributed by atoms with Gasteiger partial charge in [0.1, 0.15) is 5.69 Å². The third-order valence-electron chi connectivity index (χ3n) is 6.78. The van der Waals surface area contributed by atoms with Crippen LogP contribution >= 0.6 is 0 Å². The average molecular weight is 473 g/mol. The van der Waals surface area contributed by atoms with Crippen molar-refractivity contribution in [3.8, 4) is 0 Å². The lowest BCUT2D eigenvalue weighted by atomic mass is 9.70. The van der Waals surface area contributed by atoms with Crippen LogP contribution in [0.4, 0.5) is 22.0 Å². The Morgan fingerprint density at radius 1 is 1.06 bits per heavy atom. The number of carbonyl (C=O) groups excluding carboxylic acids is 1. The van der Waals surface area contributed by atoms with Crippen LogP contribution in [0.25, 0.3) is 10.9 Å². The molecule has 2 aliphatic carbocycles. The quantitative estimate of drug-likeness (QED) is 0.569. The van der Waals surface area contributed by atoms with Crippen molar-refractivity contribution in [3.63, 3.8) is 0 Å². The zero-order chi connectivity index (χ0) is 24.2. The number of hydrogen-bond donors (Lipinski definition) is 2. The van der Waals surface area contributed by atoms with E-state index < -0.39 is 18.0 Å². The number of amides is 1. The number of nitrogens with zero attached hydrogens (tertiary/aromatic N) is 1. The van der Waals surface area contributed by atoms with Gasteiger partial charge >= 0.3 is 6.18 Å². The lowest BCUT2D eigenvalue weighted by Crippen LogP contribution is -2.33. The first-order chi connectivity index (χ1) is 15.5. The topological polar surface area (TPSA) is 74.8 Å². The van der Waals surface area contributed by atoms with Crippen LogP contribution in [0.1, 0.15) is 61.9 Å². The molecule has 1 amide bonds. The number of H-pyrrole nitrogens is 1. The smallest absolute Gasteiger partial charge is 0.361 e. The second-order valence-corrected chi connectivity index (χ2v) is 8.85. The number of halogens is 5. The summed E-state index contributed by atoms with van der Waals surface area (Å²) in [5.41, 5.74) is 0.545. The monoisotopic (exact) mass is 473 g/mol. The minimum Gasteiger partial charge on any atom is -0.361 e. The summed E-state index contributed by atoms with van der Waals surface area (Å²) in [6, 6.07) is 3.03. The number of rotatable bonds is 2. The molecule has 0 atom stereocenters. The van der Waals surface area contributed by atoms with Gasteiger partial charge in [-0.3, -0.25) is 14.6 Å².